The summed E-state index contributed by atoms with van der Waals surface area (Å²) in [5, 5.41) is 0. The van der Waals surface area contributed by atoms with Gasteiger partial charge in [-0.15, -0.1) is 0 Å². The normalized spacial score (nSPS) is 10.5. The Kier molecular flexibility index (Phi) is 1.77. The minimum Gasteiger partial charge on any atom is -0.455 e. The van der Waals surface area contributed by atoms with Crippen molar-refractivity contribution in [2.24, 2.45) is 0 Å². The first kappa shape index (κ1) is 7.61. The maximum absolute atomic E-state index is 5.11. The van der Waals surface area contributed by atoms with Gasteiger partial charge in [0, 0.05) is 18.5 Å². The second-order valence-corrected chi connectivity index (χ2v) is 3.24. The lowest BCUT2D eigenvalue weighted by Gasteiger charge is -1.97. The molecule has 0 aliphatic rings. The Morgan fingerprint density at radius 3 is 2.92 bits per heavy atom. The Bertz CT molecular complexity index is 391. The smallest absolute Gasteiger partial charge is 0.171 e. The second-order valence-electron chi connectivity index (χ2n) is 2.45. The lowest BCUT2D eigenvalue weighted by atomic mass is 10.5. The first-order valence-corrected chi connectivity index (χ1v) is 4.31. The largest absolute Gasteiger partial charge is 0.455 e. The molecule has 0 aliphatic heterocycles. The fraction of sp³-hybridized carbons (Fsp3) is 0.125. The molecule has 0 amide bonds. The zero-order chi connectivity index (χ0) is 8.55. The summed E-state index contributed by atoms with van der Waals surface area (Å²) in [4.78, 5) is 4.11. The monoisotopic (exact) mass is 226 g/mol. The molecule has 2 rings (SSSR count). The number of imidazole rings is 1. The van der Waals surface area contributed by atoms with Crippen LogP contribution in [-0.2, 0) is 0 Å². The van der Waals surface area contributed by atoms with Gasteiger partial charge >= 0.3 is 0 Å². The number of halogens is 1. The topological polar surface area (TPSA) is 31.0 Å². The van der Waals surface area contributed by atoms with Gasteiger partial charge in [-0.2, -0.15) is 0 Å². The molecule has 0 radical (unpaired) electrons. The minimum absolute atomic E-state index is 0.727. The predicted molar refractivity (Wildman–Crippen MR) is 48.3 cm³/mol. The zero-order valence-corrected chi connectivity index (χ0v) is 8.08. The van der Waals surface area contributed by atoms with Crippen molar-refractivity contribution in [3.8, 4) is 5.69 Å². The number of nitrogens with zero attached hydrogens (tertiary/aromatic N) is 2. The third kappa shape index (κ3) is 1.18. The third-order valence-electron chi connectivity index (χ3n) is 1.66. The summed E-state index contributed by atoms with van der Waals surface area (Å²) in [7, 11) is 0. The van der Waals surface area contributed by atoms with Gasteiger partial charge in [-0.1, -0.05) is 0 Å². The molecule has 3 nitrogen and oxygen atoms in total. The van der Waals surface area contributed by atoms with Crippen LogP contribution in [0.25, 0.3) is 5.69 Å². The fourth-order valence-electron chi connectivity index (χ4n) is 1.08. The van der Waals surface area contributed by atoms with E-state index in [2.05, 4.69) is 20.9 Å². The highest BCUT2D eigenvalue weighted by Gasteiger charge is 2.02. The molecule has 62 valence electrons. The Labute approximate surface area is 78.2 Å². The van der Waals surface area contributed by atoms with Crippen molar-refractivity contribution in [3.05, 3.63) is 35.2 Å². The molecule has 0 fully saturated rings. The van der Waals surface area contributed by atoms with E-state index in [-0.39, 0.29) is 0 Å². The SMILES string of the molecule is Cc1nccn1-c1coc(Br)c1. The molecule has 2 aromatic rings. The first-order valence-electron chi connectivity index (χ1n) is 3.52. The summed E-state index contributed by atoms with van der Waals surface area (Å²) in [5.74, 6) is 0.948. The highest BCUT2D eigenvalue weighted by Crippen LogP contribution is 2.18. The average Bonchev–Trinajstić information content (AvgIpc) is 2.58. The highest BCUT2D eigenvalue weighted by atomic mass is 79.9. The molecule has 2 heterocycles. The summed E-state index contributed by atoms with van der Waals surface area (Å²) in [6, 6.07) is 1.90. The van der Waals surface area contributed by atoms with Crippen molar-refractivity contribution in [3.63, 3.8) is 0 Å². The molecule has 0 aromatic carbocycles. The molecule has 0 saturated heterocycles. The highest BCUT2D eigenvalue weighted by molar-refractivity contribution is 9.10. The molecule has 0 N–H and O–H groups in total. The number of hydrogen-bond acceptors (Lipinski definition) is 2. The van der Waals surface area contributed by atoms with Crippen LogP contribution in [0.1, 0.15) is 5.82 Å². The number of rotatable bonds is 1. The van der Waals surface area contributed by atoms with E-state index in [0.717, 1.165) is 16.2 Å². The summed E-state index contributed by atoms with van der Waals surface area (Å²) in [6.45, 7) is 1.95. The van der Waals surface area contributed by atoms with Gasteiger partial charge in [0.15, 0.2) is 4.67 Å². The third-order valence-corrected chi connectivity index (χ3v) is 2.07. The van der Waals surface area contributed by atoms with E-state index in [1.54, 1.807) is 12.5 Å². The van der Waals surface area contributed by atoms with Crippen LogP contribution in [0.5, 0.6) is 0 Å². The maximum Gasteiger partial charge on any atom is 0.171 e. The van der Waals surface area contributed by atoms with Gasteiger partial charge in [-0.3, -0.25) is 0 Å². The van der Waals surface area contributed by atoms with Gasteiger partial charge < -0.3 is 8.98 Å². The van der Waals surface area contributed by atoms with Crippen molar-refractivity contribution in [2.75, 3.05) is 0 Å². The predicted octanol–water partition coefficient (Wildman–Crippen LogP) is 2.54. The maximum atomic E-state index is 5.11. The van der Waals surface area contributed by atoms with E-state index in [0.29, 0.717) is 0 Å². The molecule has 0 aliphatic carbocycles. The van der Waals surface area contributed by atoms with E-state index in [1.165, 1.54) is 0 Å². The van der Waals surface area contributed by atoms with Crippen molar-refractivity contribution in [2.45, 2.75) is 6.92 Å². The zero-order valence-electron chi connectivity index (χ0n) is 6.49. The van der Waals surface area contributed by atoms with Crippen molar-refractivity contribution < 1.29 is 4.42 Å². The number of aryl methyl sites for hydroxylation is 1. The van der Waals surface area contributed by atoms with Crippen LogP contribution in [0, 0.1) is 6.92 Å². The van der Waals surface area contributed by atoms with E-state index in [1.807, 2.05) is 23.8 Å². The minimum atomic E-state index is 0.727. The van der Waals surface area contributed by atoms with E-state index < -0.39 is 0 Å². The lowest BCUT2D eigenvalue weighted by molar-refractivity contribution is 0.539. The molecule has 2 aromatic heterocycles. The molecule has 0 atom stereocenters. The van der Waals surface area contributed by atoms with Crippen LogP contribution >= 0.6 is 15.9 Å². The molecular formula is C8H7BrN2O. The van der Waals surface area contributed by atoms with Gasteiger partial charge in [0.1, 0.15) is 12.1 Å². The number of furan rings is 1. The molecule has 4 heteroatoms. The molecule has 12 heavy (non-hydrogen) atoms. The van der Waals surface area contributed by atoms with Crippen LogP contribution in [0.3, 0.4) is 0 Å². The van der Waals surface area contributed by atoms with Crippen LogP contribution < -0.4 is 0 Å². The van der Waals surface area contributed by atoms with Crippen molar-refractivity contribution in [1.82, 2.24) is 9.55 Å². The Morgan fingerprint density at radius 2 is 2.42 bits per heavy atom. The average molecular weight is 227 g/mol. The standard InChI is InChI=1S/C8H7BrN2O/c1-6-10-2-3-11(6)7-4-8(9)12-5-7/h2-5H,1H3. The van der Waals surface area contributed by atoms with E-state index in [4.69, 9.17) is 4.42 Å². The van der Waals surface area contributed by atoms with Crippen LogP contribution in [0.4, 0.5) is 0 Å². The number of hydrogen-bond donors (Lipinski definition) is 0. The van der Waals surface area contributed by atoms with Crippen LogP contribution in [-0.4, -0.2) is 9.55 Å². The Morgan fingerprint density at radius 1 is 1.58 bits per heavy atom. The molecule has 0 bridgehead atoms. The fourth-order valence-corrected chi connectivity index (χ4v) is 1.41. The quantitative estimate of drug-likeness (QED) is 0.749. The van der Waals surface area contributed by atoms with Gasteiger partial charge in [-0.05, 0) is 22.9 Å². The summed E-state index contributed by atoms with van der Waals surface area (Å²) < 4.78 is 7.79. The van der Waals surface area contributed by atoms with Crippen LogP contribution in [0.2, 0.25) is 0 Å². The number of aromatic nitrogens is 2. The van der Waals surface area contributed by atoms with Gasteiger partial charge in [-0.25, -0.2) is 4.98 Å². The summed E-state index contributed by atoms with van der Waals surface area (Å²) in [5.41, 5.74) is 0.983. The van der Waals surface area contributed by atoms with Gasteiger partial charge in [0.05, 0.1) is 5.69 Å². The van der Waals surface area contributed by atoms with E-state index in [9.17, 15) is 0 Å². The van der Waals surface area contributed by atoms with Crippen LogP contribution in [0.15, 0.2) is 33.8 Å². The Balaban J connectivity index is 2.50. The van der Waals surface area contributed by atoms with Crippen molar-refractivity contribution >= 4 is 15.9 Å². The van der Waals surface area contributed by atoms with Gasteiger partial charge in [0.25, 0.3) is 0 Å². The molecule has 0 saturated carbocycles. The summed E-state index contributed by atoms with van der Waals surface area (Å²) >= 11 is 3.24. The lowest BCUT2D eigenvalue weighted by Crippen LogP contribution is -1.92. The summed E-state index contributed by atoms with van der Waals surface area (Å²) in [6.07, 6.45) is 5.33. The van der Waals surface area contributed by atoms with Gasteiger partial charge in [0.2, 0.25) is 0 Å². The van der Waals surface area contributed by atoms with Crippen molar-refractivity contribution in [1.29, 1.82) is 0 Å². The Hall–Kier alpha value is -1.03. The first-order chi connectivity index (χ1) is 5.77. The molecule has 0 unspecified atom stereocenters. The molecular weight excluding hydrogens is 220 g/mol. The van der Waals surface area contributed by atoms with E-state index >= 15 is 0 Å². The second kappa shape index (κ2) is 2.79. The molecule has 0 spiro atoms.